The number of carbonyl (C=O) groups excluding carboxylic acids is 1. The third-order valence-electron chi connectivity index (χ3n) is 2.03. The molecule has 0 unspecified atom stereocenters. The van der Waals surface area contributed by atoms with Gasteiger partial charge in [-0.05, 0) is 24.3 Å². The minimum Gasteiger partial charge on any atom is -0.508 e. The highest BCUT2D eigenvalue weighted by molar-refractivity contribution is 6.03. The quantitative estimate of drug-likeness (QED) is 0.530. The molecule has 1 heterocycles. The lowest BCUT2D eigenvalue weighted by molar-refractivity contribution is 0.0996. The molecule has 0 saturated carbocycles. The summed E-state index contributed by atoms with van der Waals surface area (Å²) in [6.07, 6.45) is 1.41. The molecule has 0 spiro atoms. The Morgan fingerprint density at radius 1 is 1.38 bits per heavy atom. The van der Waals surface area contributed by atoms with Crippen LogP contribution in [0, 0.1) is 0 Å². The molecule has 1 aromatic carbocycles. The lowest BCUT2D eigenvalue weighted by Crippen LogP contribution is -2.12. The number of hydrogen-bond donors (Lipinski definition) is 3. The largest absolute Gasteiger partial charge is 0.508 e. The molecular weight excluding hydrogens is 208 g/mol. The van der Waals surface area contributed by atoms with Gasteiger partial charge in [0.15, 0.2) is 5.76 Å². The molecule has 82 valence electrons. The molecule has 1 amide bonds. The minimum absolute atomic E-state index is 0.0495. The van der Waals surface area contributed by atoms with Crippen LogP contribution < -0.4 is 11.1 Å². The maximum atomic E-state index is 11.6. The van der Waals surface area contributed by atoms with Crippen molar-refractivity contribution in [3.05, 3.63) is 42.4 Å². The van der Waals surface area contributed by atoms with Gasteiger partial charge in [0, 0.05) is 6.07 Å². The van der Waals surface area contributed by atoms with Gasteiger partial charge in [-0.3, -0.25) is 4.79 Å². The van der Waals surface area contributed by atoms with E-state index in [2.05, 4.69) is 5.32 Å². The van der Waals surface area contributed by atoms with E-state index < -0.39 is 0 Å². The van der Waals surface area contributed by atoms with Crippen LogP contribution in [0.15, 0.2) is 41.0 Å². The van der Waals surface area contributed by atoms with Gasteiger partial charge in [0.2, 0.25) is 0 Å². The molecule has 0 aliphatic carbocycles. The van der Waals surface area contributed by atoms with Crippen LogP contribution in [-0.4, -0.2) is 11.0 Å². The number of nitrogens with two attached hydrogens (primary N) is 1. The maximum absolute atomic E-state index is 11.6. The highest BCUT2D eigenvalue weighted by Crippen LogP contribution is 2.23. The molecule has 5 nitrogen and oxygen atoms in total. The maximum Gasteiger partial charge on any atom is 0.291 e. The first-order valence-corrected chi connectivity index (χ1v) is 4.60. The van der Waals surface area contributed by atoms with E-state index in [0.717, 1.165) is 0 Å². The van der Waals surface area contributed by atoms with Crippen LogP contribution >= 0.6 is 0 Å². The number of amides is 1. The fourth-order valence-corrected chi connectivity index (χ4v) is 1.26. The monoisotopic (exact) mass is 218 g/mol. The van der Waals surface area contributed by atoms with Gasteiger partial charge in [-0.1, -0.05) is 0 Å². The van der Waals surface area contributed by atoms with Crippen LogP contribution in [0.1, 0.15) is 10.6 Å². The number of furan rings is 1. The van der Waals surface area contributed by atoms with Gasteiger partial charge in [-0.25, -0.2) is 0 Å². The third-order valence-corrected chi connectivity index (χ3v) is 2.03. The number of aromatic hydroxyl groups is 1. The Morgan fingerprint density at radius 3 is 2.81 bits per heavy atom. The lowest BCUT2D eigenvalue weighted by Gasteiger charge is -2.06. The molecule has 1 aromatic heterocycles. The second-order valence-corrected chi connectivity index (χ2v) is 3.20. The van der Waals surface area contributed by atoms with Crippen molar-refractivity contribution < 1.29 is 14.3 Å². The van der Waals surface area contributed by atoms with Crippen LogP contribution in [0.4, 0.5) is 11.4 Å². The molecule has 0 atom stereocenters. The zero-order valence-electron chi connectivity index (χ0n) is 8.31. The fourth-order valence-electron chi connectivity index (χ4n) is 1.26. The normalized spacial score (nSPS) is 10.0. The Bertz CT molecular complexity index is 506. The molecule has 0 radical (unpaired) electrons. The summed E-state index contributed by atoms with van der Waals surface area (Å²) < 4.78 is 4.93. The van der Waals surface area contributed by atoms with Crippen molar-refractivity contribution in [2.24, 2.45) is 0 Å². The highest BCUT2D eigenvalue weighted by Gasteiger charge is 2.10. The summed E-state index contributed by atoms with van der Waals surface area (Å²) in [5, 5.41) is 11.7. The lowest BCUT2D eigenvalue weighted by atomic mass is 10.2. The van der Waals surface area contributed by atoms with E-state index in [1.165, 1.54) is 24.5 Å². The third kappa shape index (κ3) is 1.98. The number of benzene rings is 1. The first kappa shape index (κ1) is 10.1. The zero-order chi connectivity index (χ0) is 11.5. The number of rotatable bonds is 2. The van der Waals surface area contributed by atoms with Crippen LogP contribution in [0.2, 0.25) is 0 Å². The Morgan fingerprint density at radius 2 is 2.19 bits per heavy atom. The predicted octanol–water partition coefficient (Wildman–Crippen LogP) is 1.82. The molecule has 2 rings (SSSR count). The van der Waals surface area contributed by atoms with Crippen LogP contribution in [0.25, 0.3) is 0 Å². The van der Waals surface area contributed by atoms with Gasteiger partial charge in [0.05, 0.1) is 17.6 Å². The van der Waals surface area contributed by atoms with E-state index in [-0.39, 0.29) is 17.4 Å². The summed E-state index contributed by atoms with van der Waals surface area (Å²) >= 11 is 0. The molecule has 0 bridgehead atoms. The molecule has 0 aliphatic rings. The average molecular weight is 218 g/mol. The Labute approximate surface area is 91.5 Å². The summed E-state index contributed by atoms with van der Waals surface area (Å²) in [5.74, 6) is -0.136. The molecule has 5 heteroatoms. The van der Waals surface area contributed by atoms with Crippen LogP contribution in [0.5, 0.6) is 5.75 Å². The smallest absolute Gasteiger partial charge is 0.291 e. The van der Waals surface area contributed by atoms with Gasteiger partial charge in [0.1, 0.15) is 5.75 Å². The van der Waals surface area contributed by atoms with E-state index in [9.17, 15) is 4.79 Å². The van der Waals surface area contributed by atoms with Gasteiger partial charge in [-0.15, -0.1) is 0 Å². The van der Waals surface area contributed by atoms with Crippen molar-refractivity contribution >= 4 is 17.3 Å². The summed E-state index contributed by atoms with van der Waals surface area (Å²) in [6, 6.07) is 7.48. The Balaban J connectivity index is 2.18. The molecule has 0 aliphatic heterocycles. The van der Waals surface area contributed by atoms with Crippen molar-refractivity contribution in [3.8, 4) is 5.75 Å². The molecular formula is C11H10N2O3. The predicted molar refractivity (Wildman–Crippen MR) is 59.2 cm³/mol. The van der Waals surface area contributed by atoms with Crippen molar-refractivity contribution in [1.82, 2.24) is 0 Å². The summed E-state index contributed by atoms with van der Waals surface area (Å²) in [5.41, 5.74) is 6.34. The van der Waals surface area contributed by atoms with Gasteiger partial charge in [-0.2, -0.15) is 0 Å². The van der Waals surface area contributed by atoms with Crippen LogP contribution in [0.3, 0.4) is 0 Å². The van der Waals surface area contributed by atoms with E-state index in [4.69, 9.17) is 15.3 Å². The van der Waals surface area contributed by atoms with Gasteiger partial charge in [0.25, 0.3) is 5.91 Å². The fraction of sp³-hybridized carbons (Fsp3) is 0. The molecule has 16 heavy (non-hydrogen) atoms. The van der Waals surface area contributed by atoms with Crippen molar-refractivity contribution in [1.29, 1.82) is 0 Å². The number of nitrogen functional groups attached to an aromatic ring is 1. The average Bonchev–Trinajstić information content (AvgIpc) is 2.75. The Hall–Kier alpha value is -2.43. The van der Waals surface area contributed by atoms with Gasteiger partial charge >= 0.3 is 0 Å². The first-order valence-electron chi connectivity index (χ1n) is 4.60. The number of phenolic OH excluding ortho intramolecular Hbond substituents is 1. The standard InChI is InChI=1S/C11H10N2O3/c12-8-6-7(14)3-4-9(8)13-11(15)10-2-1-5-16-10/h1-6,14H,12H2,(H,13,15). The van der Waals surface area contributed by atoms with E-state index in [1.54, 1.807) is 12.1 Å². The number of hydrogen-bond acceptors (Lipinski definition) is 4. The first-order chi connectivity index (χ1) is 7.66. The number of nitrogens with one attached hydrogen (secondary N) is 1. The van der Waals surface area contributed by atoms with Crippen molar-refractivity contribution in [2.75, 3.05) is 11.1 Å². The van der Waals surface area contributed by atoms with Crippen molar-refractivity contribution in [2.45, 2.75) is 0 Å². The highest BCUT2D eigenvalue weighted by atomic mass is 16.3. The van der Waals surface area contributed by atoms with E-state index >= 15 is 0 Å². The second-order valence-electron chi connectivity index (χ2n) is 3.20. The molecule has 0 fully saturated rings. The minimum atomic E-state index is -0.387. The molecule has 2 aromatic rings. The number of anilines is 2. The number of carbonyl (C=O) groups is 1. The molecule has 0 saturated heterocycles. The molecule has 4 N–H and O–H groups in total. The summed E-state index contributed by atoms with van der Waals surface area (Å²) in [4.78, 5) is 11.6. The van der Waals surface area contributed by atoms with Gasteiger partial charge < -0.3 is 20.6 Å². The van der Waals surface area contributed by atoms with E-state index in [0.29, 0.717) is 11.4 Å². The topological polar surface area (TPSA) is 88.5 Å². The summed E-state index contributed by atoms with van der Waals surface area (Å²) in [6.45, 7) is 0. The van der Waals surface area contributed by atoms with Crippen LogP contribution in [-0.2, 0) is 0 Å². The summed E-state index contributed by atoms with van der Waals surface area (Å²) in [7, 11) is 0. The number of phenols is 1. The van der Waals surface area contributed by atoms with E-state index in [1.807, 2.05) is 0 Å². The second kappa shape index (κ2) is 3.98. The SMILES string of the molecule is Nc1cc(O)ccc1NC(=O)c1ccco1. The Kier molecular flexibility index (Phi) is 2.51. The zero-order valence-corrected chi connectivity index (χ0v) is 8.31. The van der Waals surface area contributed by atoms with Crippen molar-refractivity contribution in [3.63, 3.8) is 0 Å².